The van der Waals surface area contributed by atoms with Crippen LogP contribution in [0.1, 0.15) is 33.1 Å². The highest BCUT2D eigenvalue weighted by atomic mass is 19.1. The number of nitrogens with one attached hydrogen (secondary N) is 1. The molecule has 21 heavy (non-hydrogen) atoms. The van der Waals surface area contributed by atoms with Crippen molar-refractivity contribution in [3.63, 3.8) is 0 Å². The molecule has 1 aromatic carbocycles. The van der Waals surface area contributed by atoms with E-state index in [4.69, 9.17) is 9.47 Å². The van der Waals surface area contributed by atoms with Gasteiger partial charge in [-0.25, -0.2) is 4.39 Å². The lowest BCUT2D eigenvalue weighted by molar-refractivity contribution is -0.127. The molecule has 0 fully saturated rings. The van der Waals surface area contributed by atoms with E-state index in [9.17, 15) is 9.18 Å². The molecule has 0 saturated carbocycles. The topological polar surface area (TPSA) is 47.6 Å². The molecule has 1 rings (SSSR count). The highest BCUT2D eigenvalue weighted by Crippen LogP contribution is 2.13. The second-order valence-electron chi connectivity index (χ2n) is 4.83. The Kier molecular flexibility index (Phi) is 8.43. The fourth-order valence-corrected chi connectivity index (χ4v) is 1.68. The van der Waals surface area contributed by atoms with Gasteiger partial charge in [-0.15, -0.1) is 0 Å². The SMILES string of the molecule is CCCCOCCCNC(=O)C(C)Oc1cccc(F)c1. The second kappa shape index (κ2) is 10.2. The molecule has 1 aromatic rings. The Balaban J connectivity index is 2.16. The van der Waals surface area contributed by atoms with Crippen LogP contribution in [0.25, 0.3) is 0 Å². The fourth-order valence-electron chi connectivity index (χ4n) is 1.68. The molecule has 0 saturated heterocycles. The van der Waals surface area contributed by atoms with Crippen molar-refractivity contribution in [3.05, 3.63) is 30.1 Å². The minimum atomic E-state index is -0.659. The summed E-state index contributed by atoms with van der Waals surface area (Å²) in [6.07, 6.45) is 2.28. The highest BCUT2D eigenvalue weighted by molar-refractivity contribution is 5.80. The van der Waals surface area contributed by atoms with Crippen LogP contribution in [-0.4, -0.2) is 31.8 Å². The molecule has 1 unspecified atom stereocenters. The lowest BCUT2D eigenvalue weighted by Crippen LogP contribution is -2.37. The molecule has 0 heterocycles. The molecule has 0 bridgehead atoms. The molecule has 0 aromatic heterocycles. The average Bonchev–Trinajstić information content (AvgIpc) is 2.46. The number of amides is 1. The van der Waals surface area contributed by atoms with E-state index < -0.39 is 6.10 Å². The zero-order valence-corrected chi connectivity index (χ0v) is 12.7. The van der Waals surface area contributed by atoms with Crippen molar-refractivity contribution in [2.24, 2.45) is 0 Å². The maximum Gasteiger partial charge on any atom is 0.260 e. The molecule has 0 radical (unpaired) electrons. The summed E-state index contributed by atoms with van der Waals surface area (Å²) >= 11 is 0. The smallest absolute Gasteiger partial charge is 0.260 e. The number of hydrogen-bond acceptors (Lipinski definition) is 3. The minimum Gasteiger partial charge on any atom is -0.481 e. The van der Waals surface area contributed by atoms with Crippen molar-refractivity contribution in [1.29, 1.82) is 0 Å². The quantitative estimate of drug-likeness (QED) is 0.676. The van der Waals surface area contributed by atoms with Gasteiger partial charge in [0.1, 0.15) is 11.6 Å². The third-order valence-corrected chi connectivity index (χ3v) is 2.89. The Bertz CT molecular complexity index is 426. The lowest BCUT2D eigenvalue weighted by Gasteiger charge is -2.14. The first-order valence-electron chi connectivity index (χ1n) is 7.41. The Labute approximate surface area is 125 Å². The van der Waals surface area contributed by atoms with E-state index >= 15 is 0 Å². The summed E-state index contributed by atoms with van der Waals surface area (Å²) < 4.78 is 23.8. The molecule has 0 aliphatic carbocycles. The summed E-state index contributed by atoms with van der Waals surface area (Å²) in [6, 6.07) is 5.75. The van der Waals surface area contributed by atoms with Crippen molar-refractivity contribution in [3.8, 4) is 5.75 Å². The molecular weight excluding hydrogens is 273 g/mol. The predicted molar refractivity (Wildman–Crippen MR) is 79.8 cm³/mol. The second-order valence-corrected chi connectivity index (χ2v) is 4.83. The zero-order valence-electron chi connectivity index (χ0n) is 12.7. The van der Waals surface area contributed by atoms with Crippen LogP contribution in [0.5, 0.6) is 5.75 Å². The average molecular weight is 297 g/mol. The molecular formula is C16H24FNO3. The summed E-state index contributed by atoms with van der Waals surface area (Å²) in [4.78, 5) is 11.8. The van der Waals surface area contributed by atoms with Gasteiger partial charge >= 0.3 is 0 Å². The van der Waals surface area contributed by atoms with Gasteiger partial charge in [0.05, 0.1) is 0 Å². The summed E-state index contributed by atoms with van der Waals surface area (Å²) in [5.41, 5.74) is 0. The van der Waals surface area contributed by atoms with Crippen LogP contribution in [0, 0.1) is 5.82 Å². The molecule has 1 atom stereocenters. The van der Waals surface area contributed by atoms with Crippen LogP contribution in [0.15, 0.2) is 24.3 Å². The third kappa shape index (κ3) is 7.66. The number of unbranched alkanes of at least 4 members (excludes halogenated alkanes) is 1. The van der Waals surface area contributed by atoms with Crippen LogP contribution >= 0.6 is 0 Å². The van der Waals surface area contributed by atoms with Crippen LogP contribution in [0.3, 0.4) is 0 Å². The van der Waals surface area contributed by atoms with Crippen LogP contribution in [-0.2, 0) is 9.53 Å². The molecule has 0 aliphatic rings. The van der Waals surface area contributed by atoms with E-state index in [0.29, 0.717) is 18.9 Å². The molecule has 118 valence electrons. The van der Waals surface area contributed by atoms with Crippen molar-refractivity contribution >= 4 is 5.91 Å². The van der Waals surface area contributed by atoms with E-state index in [0.717, 1.165) is 25.9 Å². The van der Waals surface area contributed by atoms with Crippen molar-refractivity contribution in [2.75, 3.05) is 19.8 Å². The first kappa shape index (κ1) is 17.4. The Morgan fingerprint density at radius 3 is 2.81 bits per heavy atom. The van der Waals surface area contributed by atoms with Crippen molar-refractivity contribution < 1.29 is 18.7 Å². The lowest BCUT2D eigenvalue weighted by atomic mass is 10.3. The summed E-state index contributed by atoms with van der Waals surface area (Å²) in [6.45, 7) is 5.70. The highest BCUT2D eigenvalue weighted by Gasteiger charge is 2.14. The Hall–Kier alpha value is -1.62. The zero-order chi connectivity index (χ0) is 15.5. The number of carbonyl (C=O) groups excluding carboxylic acids is 1. The van der Waals surface area contributed by atoms with Crippen LogP contribution in [0.4, 0.5) is 4.39 Å². The first-order valence-corrected chi connectivity index (χ1v) is 7.41. The number of ether oxygens (including phenoxy) is 2. The van der Waals surface area contributed by atoms with Crippen LogP contribution < -0.4 is 10.1 Å². The molecule has 4 nitrogen and oxygen atoms in total. The molecule has 1 N–H and O–H groups in total. The van der Waals surface area contributed by atoms with E-state index in [2.05, 4.69) is 12.2 Å². The monoisotopic (exact) mass is 297 g/mol. The number of carbonyl (C=O) groups is 1. The molecule has 0 spiro atoms. The van der Waals surface area contributed by atoms with Crippen molar-refractivity contribution in [1.82, 2.24) is 5.32 Å². The predicted octanol–water partition coefficient (Wildman–Crippen LogP) is 2.92. The van der Waals surface area contributed by atoms with Gasteiger partial charge in [0.25, 0.3) is 5.91 Å². The van der Waals surface area contributed by atoms with E-state index in [1.807, 2.05) is 0 Å². The molecule has 0 aliphatic heterocycles. The van der Waals surface area contributed by atoms with Gasteiger partial charge in [0.2, 0.25) is 0 Å². The Morgan fingerprint density at radius 1 is 1.33 bits per heavy atom. The number of benzene rings is 1. The van der Waals surface area contributed by atoms with Gasteiger partial charge in [-0.2, -0.15) is 0 Å². The normalized spacial score (nSPS) is 12.0. The van der Waals surface area contributed by atoms with Crippen LogP contribution in [0.2, 0.25) is 0 Å². The summed E-state index contributed by atoms with van der Waals surface area (Å²) in [5.74, 6) is -0.252. The van der Waals surface area contributed by atoms with E-state index in [1.165, 1.54) is 12.1 Å². The van der Waals surface area contributed by atoms with Gasteiger partial charge in [-0.05, 0) is 31.9 Å². The summed E-state index contributed by atoms with van der Waals surface area (Å²) in [5, 5.41) is 2.77. The summed E-state index contributed by atoms with van der Waals surface area (Å²) in [7, 11) is 0. The fraction of sp³-hybridized carbons (Fsp3) is 0.562. The Morgan fingerprint density at radius 2 is 2.10 bits per heavy atom. The van der Waals surface area contributed by atoms with E-state index in [1.54, 1.807) is 19.1 Å². The van der Waals surface area contributed by atoms with Gasteiger partial charge in [0, 0.05) is 25.8 Å². The number of halogens is 1. The number of hydrogen-bond donors (Lipinski definition) is 1. The molecule has 1 amide bonds. The third-order valence-electron chi connectivity index (χ3n) is 2.89. The number of rotatable bonds is 10. The van der Waals surface area contributed by atoms with E-state index in [-0.39, 0.29) is 11.7 Å². The van der Waals surface area contributed by atoms with Gasteiger partial charge in [0.15, 0.2) is 6.10 Å². The van der Waals surface area contributed by atoms with Gasteiger partial charge in [-0.1, -0.05) is 19.4 Å². The van der Waals surface area contributed by atoms with Crippen molar-refractivity contribution in [2.45, 2.75) is 39.2 Å². The minimum absolute atomic E-state index is 0.215. The molecule has 5 heteroatoms. The maximum atomic E-state index is 13.0. The maximum absolute atomic E-state index is 13.0. The standard InChI is InChI=1S/C16H24FNO3/c1-3-4-10-20-11-6-9-18-16(19)13(2)21-15-8-5-7-14(17)12-15/h5,7-8,12-13H,3-4,6,9-11H2,1-2H3,(H,18,19). The van der Waals surface area contributed by atoms with Gasteiger partial charge < -0.3 is 14.8 Å². The first-order chi connectivity index (χ1) is 10.1. The largest absolute Gasteiger partial charge is 0.481 e. The van der Waals surface area contributed by atoms with Gasteiger partial charge in [-0.3, -0.25) is 4.79 Å².